The van der Waals surface area contributed by atoms with Gasteiger partial charge in [0.2, 0.25) is 0 Å². The van der Waals surface area contributed by atoms with Crippen molar-refractivity contribution in [3.8, 4) is 0 Å². The first-order chi connectivity index (χ1) is 12.5. The van der Waals surface area contributed by atoms with E-state index in [1.807, 2.05) is 31.2 Å². The van der Waals surface area contributed by atoms with E-state index in [0.29, 0.717) is 4.67 Å². The topological polar surface area (TPSA) is 88.9 Å². The summed E-state index contributed by atoms with van der Waals surface area (Å²) in [6.07, 6.45) is 0.768. The number of hydrogen-bond acceptors (Lipinski definition) is 5. The predicted octanol–water partition coefficient (Wildman–Crippen LogP) is 2.29. The molecule has 26 heavy (non-hydrogen) atoms. The molecule has 0 fully saturated rings. The number of nitrogens with zero attached hydrogens (tertiary/aromatic N) is 1. The summed E-state index contributed by atoms with van der Waals surface area (Å²) in [4.78, 5) is 37.6. The molecule has 7 nitrogen and oxygen atoms in total. The fourth-order valence-corrected chi connectivity index (χ4v) is 3.19. The van der Waals surface area contributed by atoms with Crippen LogP contribution in [0.1, 0.15) is 23.0 Å². The lowest BCUT2D eigenvalue weighted by Crippen LogP contribution is -2.39. The molecule has 0 aliphatic carbocycles. The minimum absolute atomic E-state index is 0.00991. The Morgan fingerprint density at radius 3 is 2.77 bits per heavy atom. The Morgan fingerprint density at radius 1 is 1.27 bits per heavy atom. The minimum Gasteiger partial charge on any atom is -0.454 e. The lowest BCUT2D eigenvalue weighted by atomic mass is 10.1. The average molecular weight is 421 g/mol. The third kappa shape index (κ3) is 3.96. The molecule has 1 atom stereocenters. The van der Waals surface area contributed by atoms with Crippen LogP contribution in [0.25, 0.3) is 0 Å². The van der Waals surface area contributed by atoms with Gasteiger partial charge in [0.05, 0.1) is 0 Å². The fraction of sp³-hybridized carbons (Fsp3) is 0.278. The molecule has 0 spiro atoms. The number of anilines is 1. The number of carbonyl (C=O) groups is 3. The van der Waals surface area contributed by atoms with Gasteiger partial charge >= 0.3 is 5.97 Å². The van der Waals surface area contributed by atoms with E-state index in [2.05, 4.69) is 21.2 Å². The van der Waals surface area contributed by atoms with Crippen LogP contribution < -0.4 is 10.2 Å². The number of amides is 2. The molecule has 0 saturated heterocycles. The van der Waals surface area contributed by atoms with Crippen LogP contribution in [0.2, 0.25) is 0 Å². The minimum atomic E-state index is -0.697. The number of rotatable bonds is 5. The molecule has 2 aromatic rings. The van der Waals surface area contributed by atoms with Gasteiger partial charge in [-0.1, -0.05) is 18.2 Å². The molecule has 0 bridgehead atoms. The van der Waals surface area contributed by atoms with Crippen molar-refractivity contribution in [2.45, 2.75) is 19.4 Å². The number of ether oxygens (including phenoxy) is 1. The molecule has 0 saturated carbocycles. The molecule has 2 heterocycles. The summed E-state index contributed by atoms with van der Waals surface area (Å²) in [6, 6.07) is 10.7. The Labute approximate surface area is 158 Å². The Hall–Kier alpha value is -2.61. The highest BCUT2D eigenvalue weighted by Crippen LogP contribution is 2.31. The van der Waals surface area contributed by atoms with Crippen molar-refractivity contribution in [3.05, 3.63) is 52.4 Å². The van der Waals surface area contributed by atoms with Crippen molar-refractivity contribution in [1.29, 1.82) is 0 Å². The summed E-state index contributed by atoms with van der Waals surface area (Å²) >= 11 is 3.09. The zero-order valence-electron chi connectivity index (χ0n) is 14.0. The van der Waals surface area contributed by atoms with Gasteiger partial charge in [0.15, 0.2) is 17.0 Å². The van der Waals surface area contributed by atoms with Crippen molar-refractivity contribution < 1.29 is 23.5 Å². The molecule has 0 unspecified atom stereocenters. The maximum Gasteiger partial charge on any atom is 0.325 e. The van der Waals surface area contributed by atoms with Crippen LogP contribution in [0, 0.1) is 0 Å². The predicted molar refractivity (Wildman–Crippen MR) is 96.8 cm³/mol. The second-order valence-corrected chi connectivity index (χ2v) is 6.67. The van der Waals surface area contributed by atoms with Gasteiger partial charge in [-0.2, -0.15) is 0 Å². The van der Waals surface area contributed by atoms with Gasteiger partial charge < -0.3 is 19.4 Å². The molecule has 8 heteroatoms. The van der Waals surface area contributed by atoms with E-state index in [4.69, 9.17) is 9.15 Å². The van der Waals surface area contributed by atoms with Gasteiger partial charge in [-0.15, -0.1) is 0 Å². The van der Waals surface area contributed by atoms with Gasteiger partial charge in [-0.3, -0.25) is 14.4 Å². The van der Waals surface area contributed by atoms with Crippen LogP contribution in [0.15, 0.2) is 45.5 Å². The summed E-state index contributed by atoms with van der Waals surface area (Å²) < 4.78 is 10.5. The lowest BCUT2D eigenvalue weighted by Gasteiger charge is -2.22. The van der Waals surface area contributed by atoms with E-state index < -0.39 is 11.9 Å². The lowest BCUT2D eigenvalue weighted by molar-refractivity contribution is -0.146. The first-order valence-electron chi connectivity index (χ1n) is 8.05. The third-order valence-electron chi connectivity index (χ3n) is 4.02. The van der Waals surface area contributed by atoms with Gasteiger partial charge in [0, 0.05) is 11.7 Å². The quantitative estimate of drug-likeness (QED) is 0.749. The second kappa shape index (κ2) is 7.74. The number of carbonyl (C=O) groups excluding carboxylic acids is 3. The van der Waals surface area contributed by atoms with Crippen LogP contribution in [0.5, 0.6) is 0 Å². The summed E-state index contributed by atoms with van der Waals surface area (Å²) in [5.41, 5.74) is 1.94. The molecule has 1 aromatic heterocycles. The Kier molecular flexibility index (Phi) is 5.41. The Morgan fingerprint density at radius 2 is 2.04 bits per heavy atom. The van der Waals surface area contributed by atoms with Crippen LogP contribution in [0.3, 0.4) is 0 Å². The third-order valence-corrected chi connectivity index (χ3v) is 4.45. The van der Waals surface area contributed by atoms with Crippen LogP contribution in [-0.2, 0) is 20.7 Å². The van der Waals surface area contributed by atoms with E-state index >= 15 is 0 Å². The molecule has 1 N–H and O–H groups in total. The van der Waals surface area contributed by atoms with E-state index in [1.165, 1.54) is 6.07 Å². The van der Waals surface area contributed by atoms with Gasteiger partial charge in [-0.05, 0) is 53.0 Å². The number of furan rings is 1. The molecule has 1 aliphatic rings. The highest BCUT2D eigenvalue weighted by atomic mass is 79.9. The van der Waals surface area contributed by atoms with Crippen molar-refractivity contribution >= 4 is 39.4 Å². The van der Waals surface area contributed by atoms with Gasteiger partial charge in [0.25, 0.3) is 11.8 Å². The molecular formula is C18H17BrN2O5. The second-order valence-electron chi connectivity index (χ2n) is 5.89. The first-order valence-corrected chi connectivity index (χ1v) is 8.84. The highest BCUT2D eigenvalue weighted by Gasteiger charge is 2.30. The Bertz CT molecular complexity index is 848. The number of hydrogen-bond donors (Lipinski definition) is 1. The molecule has 3 rings (SSSR count). The van der Waals surface area contributed by atoms with E-state index in [9.17, 15) is 14.4 Å². The number of benzene rings is 1. The summed E-state index contributed by atoms with van der Waals surface area (Å²) in [5, 5.41) is 2.38. The van der Waals surface area contributed by atoms with Crippen molar-refractivity contribution in [3.63, 3.8) is 0 Å². The average Bonchev–Trinajstić information content (AvgIpc) is 3.20. The molecular weight excluding hydrogens is 404 g/mol. The monoisotopic (exact) mass is 420 g/mol. The van der Waals surface area contributed by atoms with E-state index in [0.717, 1.165) is 17.7 Å². The molecule has 2 amide bonds. The van der Waals surface area contributed by atoms with Crippen molar-refractivity contribution in [2.24, 2.45) is 0 Å². The van der Waals surface area contributed by atoms with Crippen molar-refractivity contribution in [2.75, 3.05) is 18.1 Å². The number of para-hydroxylation sites is 1. The molecule has 0 radical (unpaired) electrons. The van der Waals surface area contributed by atoms with Crippen LogP contribution >= 0.6 is 15.9 Å². The van der Waals surface area contributed by atoms with Gasteiger partial charge in [-0.25, -0.2) is 0 Å². The SMILES string of the molecule is C[C@@H]1Cc2ccccc2N1C(=O)COC(=O)CNC(=O)c1ccc(Br)o1. The molecule has 1 aliphatic heterocycles. The zero-order chi connectivity index (χ0) is 18.7. The van der Waals surface area contributed by atoms with Crippen molar-refractivity contribution in [1.82, 2.24) is 5.32 Å². The van der Waals surface area contributed by atoms with E-state index in [1.54, 1.807) is 11.0 Å². The largest absolute Gasteiger partial charge is 0.454 e. The first kappa shape index (κ1) is 18.2. The normalized spacial score (nSPS) is 15.5. The summed E-state index contributed by atoms with van der Waals surface area (Å²) in [6.45, 7) is 1.22. The summed E-state index contributed by atoms with van der Waals surface area (Å²) in [5.74, 6) is -1.46. The molecule has 1 aromatic carbocycles. The maximum atomic E-state index is 12.4. The van der Waals surface area contributed by atoms with E-state index in [-0.39, 0.29) is 30.9 Å². The van der Waals surface area contributed by atoms with Crippen LogP contribution in [-0.4, -0.2) is 37.0 Å². The number of nitrogens with one attached hydrogen (secondary N) is 1. The van der Waals surface area contributed by atoms with Crippen LogP contribution in [0.4, 0.5) is 5.69 Å². The number of halogens is 1. The van der Waals surface area contributed by atoms with Gasteiger partial charge in [0.1, 0.15) is 6.54 Å². The molecule has 136 valence electrons. The number of fused-ring (bicyclic) bond motifs is 1. The smallest absolute Gasteiger partial charge is 0.325 e. The maximum absolute atomic E-state index is 12.4. The number of esters is 1. The fourth-order valence-electron chi connectivity index (χ4n) is 2.88. The zero-order valence-corrected chi connectivity index (χ0v) is 15.6. The summed E-state index contributed by atoms with van der Waals surface area (Å²) in [7, 11) is 0. The standard InChI is InChI=1S/C18H17BrN2O5/c1-11-8-12-4-2-3-5-13(12)21(11)16(22)10-25-17(23)9-20-18(24)14-6-7-15(19)26-14/h2-7,11H,8-10H2,1H3,(H,20,24)/t11-/m1/s1. The highest BCUT2D eigenvalue weighted by molar-refractivity contribution is 9.10. The Balaban J connectivity index is 1.49.